The molecule has 3 rings (SSSR count). The minimum atomic E-state index is -0.342. The molecule has 1 N–H and O–H groups in total. The van der Waals surface area contributed by atoms with Gasteiger partial charge in [0, 0.05) is 18.1 Å². The quantitative estimate of drug-likeness (QED) is 0.801. The van der Waals surface area contributed by atoms with E-state index >= 15 is 0 Å². The second kappa shape index (κ2) is 5.49. The molecule has 2 aromatic heterocycles. The number of aromatic amines is 1. The van der Waals surface area contributed by atoms with Crippen molar-refractivity contribution in [2.75, 3.05) is 6.61 Å². The van der Waals surface area contributed by atoms with E-state index in [1.807, 2.05) is 6.92 Å². The SMILES string of the molecule is CCOCc1nc(-c2cc3cc(F)ccc3o2)cc(=O)[nH]1. The zero-order valence-corrected chi connectivity index (χ0v) is 11.4. The van der Waals surface area contributed by atoms with Crippen LogP contribution in [0.25, 0.3) is 22.4 Å². The van der Waals surface area contributed by atoms with Crippen LogP contribution in [0, 0.1) is 5.82 Å². The molecule has 0 spiro atoms. The first-order valence-corrected chi connectivity index (χ1v) is 6.53. The number of furan rings is 1. The Morgan fingerprint density at radius 3 is 3.00 bits per heavy atom. The van der Waals surface area contributed by atoms with Gasteiger partial charge in [-0.1, -0.05) is 0 Å². The summed E-state index contributed by atoms with van der Waals surface area (Å²) < 4.78 is 24.0. The van der Waals surface area contributed by atoms with Crippen molar-refractivity contribution in [2.45, 2.75) is 13.5 Å². The van der Waals surface area contributed by atoms with Gasteiger partial charge >= 0.3 is 0 Å². The van der Waals surface area contributed by atoms with Crippen LogP contribution in [0.1, 0.15) is 12.7 Å². The first-order valence-electron chi connectivity index (χ1n) is 6.53. The lowest BCUT2D eigenvalue weighted by Crippen LogP contribution is -2.12. The van der Waals surface area contributed by atoms with Gasteiger partial charge in [-0.25, -0.2) is 9.37 Å². The van der Waals surface area contributed by atoms with Crippen LogP contribution in [-0.4, -0.2) is 16.6 Å². The molecule has 0 aliphatic heterocycles. The highest BCUT2D eigenvalue weighted by molar-refractivity contribution is 5.82. The Balaban J connectivity index is 2.04. The van der Waals surface area contributed by atoms with E-state index in [-0.39, 0.29) is 18.0 Å². The average molecular weight is 288 g/mol. The molecule has 0 saturated heterocycles. The second-order valence-corrected chi connectivity index (χ2v) is 4.51. The van der Waals surface area contributed by atoms with E-state index in [9.17, 15) is 9.18 Å². The summed E-state index contributed by atoms with van der Waals surface area (Å²) in [6.07, 6.45) is 0. The zero-order chi connectivity index (χ0) is 14.8. The Bertz CT molecular complexity index is 838. The zero-order valence-electron chi connectivity index (χ0n) is 11.4. The van der Waals surface area contributed by atoms with Gasteiger partial charge in [-0.3, -0.25) is 4.79 Å². The van der Waals surface area contributed by atoms with Crippen molar-refractivity contribution in [1.29, 1.82) is 0 Å². The van der Waals surface area contributed by atoms with Crippen molar-refractivity contribution in [2.24, 2.45) is 0 Å². The van der Waals surface area contributed by atoms with Crippen LogP contribution in [0.2, 0.25) is 0 Å². The van der Waals surface area contributed by atoms with Crippen molar-refractivity contribution in [3.05, 3.63) is 52.3 Å². The normalized spacial score (nSPS) is 11.1. The molecule has 2 heterocycles. The van der Waals surface area contributed by atoms with Gasteiger partial charge in [0.05, 0.1) is 0 Å². The van der Waals surface area contributed by atoms with Gasteiger partial charge in [0.2, 0.25) is 0 Å². The summed E-state index contributed by atoms with van der Waals surface area (Å²) in [6, 6.07) is 7.23. The molecule has 0 bridgehead atoms. The van der Waals surface area contributed by atoms with Gasteiger partial charge in [0.25, 0.3) is 5.56 Å². The number of aromatic nitrogens is 2. The number of rotatable bonds is 4. The summed E-state index contributed by atoms with van der Waals surface area (Å²) in [6.45, 7) is 2.60. The number of fused-ring (bicyclic) bond motifs is 1. The molecule has 0 aliphatic carbocycles. The number of hydrogen-bond acceptors (Lipinski definition) is 4. The molecule has 1 aromatic carbocycles. The van der Waals surface area contributed by atoms with Gasteiger partial charge in [-0.15, -0.1) is 0 Å². The van der Waals surface area contributed by atoms with Crippen LogP contribution in [0.3, 0.4) is 0 Å². The van der Waals surface area contributed by atoms with E-state index in [2.05, 4.69) is 9.97 Å². The van der Waals surface area contributed by atoms with Crippen molar-refractivity contribution < 1.29 is 13.5 Å². The van der Waals surface area contributed by atoms with Crippen molar-refractivity contribution in [1.82, 2.24) is 9.97 Å². The summed E-state index contributed by atoms with van der Waals surface area (Å²) in [5, 5.41) is 0.624. The Labute approximate surface area is 119 Å². The van der Waals surface area contributed by atoms with Crippen LogP contribution in [0.15, 0.2) is 39.5 Å². The first kappa shape index (κ1) is 13.5. The average Bonchev–Trinajstić information content (AvgIpc) is 2.87. The molecule has 3 aromatic rings. The van der Waals surface area contributed by atoms with Crippen LogP contribution < -0.4 is 5.56 Å². The van der Waals surface area contributed by atoms with Gasteiger partial charge < -0.3 is 14.1 Å². The van der Waals surface area contributed by atoms with Crippen molar-refractivity contribution >= 4 is 11.0 Å². The molecule has 0 atom stereocenters. The molecule has 108 valence electrons. The highest BCUT2D eigenvalue weighted by atomic mass is 19.1. The Morgan fingerprint density at radius 1 is 1.33 bits per heavy atom. The molecule has 21 heavy (non-hydrogen) atoms. The summed E-state index contributed by atoms with van der Waals surface area (Å²) in [5.41, 5.74) is 0.645. The second-order valence-electron chi connectivity index (χ2n) is 4.51. The summed E-state index contributed by atoms with van der Waals surface area (Å²) in [7, 11) is 0. The van der Waals surface area contributed by atoms with E-state index in [1.54, 1.807) is 12.1 Å². The Kier molecular flexibility index (Phi) is 3.53. The Morgan fingerprint density at radius 2 is 2.19 bits per heavy atom. The minimum absolute atomic E-state index is 0.217. The lowest BCUT2D eigenvalue weighted by Gasteiger charge is -2.02. The molecule has 6 heteroatoms. The van der Waals surface area contributed by atoms with Crippen LogP contribution in [0.5, 0.6) is 0 Å². The standard InChI is InChI=1S/C15H13FN2O3/c1-2-20-8-14-17-11(7-15(19)18-14)13-6-9-5-10(16)3-4-12(9)21-13/h3-7H,2,8H2,1H3,(H,17,18,19). The summed E-state index contributed by atoms with van der Waals surface area (Å²) in [5.74, 6) is 0.496. The number of hydrogen-bond donors (Lipinski definition) is 1. The molecule has 0 saturated carbocycles. The van der Waals surface area contributed by atoms with Crippen LogP contribution in [0.4, 0.5) is 4.39 Å². The maximum absolute atomic E-state index is 13.2. The van der Waals surface area contributed by atoms with Crippen LogP contribution >= 0.6 is 0 Å². The third-order valence-electron chi connectivity index (χ3n) is 2.96. The number of nitrogens with zero attached hydrogens (tertiary/aromatic N) is 1. The lowest BCUT2D eigenvalue weighted by atomic mass is 10.2. The van der Waals surface area contributed by atoms with Crippen molar-refractivity contribution in [3.8, 4) is 11.5 Å². The smallest absolute Gasteiger partial charge is 0.251 e. The highest BCUT2D eigenvalue weighted by Gasteiger charge is 2.10. The number of H-pyrrole nitrogens is 1. The third kappa shape index (κ3) is 2.85. The first-order chi connectivity index (χ1) is 10.2. The summed E-state index contributed by atoms with van der Waals surface area (Å²) in [4.78, 5) is 18.6. The monoisotopic (exact) mass is 288 g/mol. The molecule has 5 nitrogen and oxygen atoms in total. The maximum atomic E-state index is 13.2. The van der Waals surface area contributed by atoms with Gasteiger partial charge in [0.15, 0.2) is 5.76 Å². The van der Waals surface area contributed by atoms with Gasteiger partial charge in [-0.2, -0.15) is 0 Å². The number of ether oxygens (including phenoxy) is 1. The number of benzene rings is 1. The lowest BCUT2D eigenvalue weighted by molar-refractivity contribution is 0.128. The molecule has 0 amide bonds. The minimum Gasteiger partial charge on any atom is -0.454 e. The van der Waals surface area contributed by atoms with E-state index in [1.165, 1.54) is 18.2 Å². The fraction of sp³-hybridized carbons (Fsp3) is 0.200. The highest BCUT2D eigenvalue weighted by Crippen LogP contribution is 2.26. The predicted molar refractivity (Wildman–Crippen MR) is 75.4 cm³/mol. The number of nitrogens with one attached hydrogen (secondary N) is 1. The molecule has 0 fully saturated rings. The van der Waals surface area contributed by atoms with Crippen molar-refractivity contribution in [3.63, 3.8) is 0 Å². The third-order valence-corrected chi connectivity index (χ3v) is 2.96. The van der Waals surface area contributed by atoms with E-state index in [0.717, 1.165) is 0 Å². The summed E-state index contributed by atoms with van der Waals surface area (Å²) >= 11 is 0. The van der Waals surface area contributed by atoms with E-state index < -0.39 is 0 Å². The fourth-order valence-corrected chi connectivity index (χ4v) is 2.04. The fourth-order valence-electron chi connectivity index (χ4n) is 2.04. The van der Waals surface area contributed by atoms with E-state index in [4.69, 9.17) is 9.15 Å². The Hall–Kier alpha value is -2.47. The molecular formula is C15H13FN2O3. The molecule has 0 radical (unpaired) electrons. The molecular weight excluding hydrogens is 275 g/mol. The number of halogens is 1. The van der Waals surface area contributed by atoms with Gasteiger partial charge in [0.1, 0.15) is 29.5 Å². The molecule has 0 unspecified atom stereocenters. The topological polar surface area (TPSA) is 68.1 Å². The van der Waals surface area contributed by atoms with E-state index in [0.29, 0.717) is 34.9 Å². The van der Waals surface area contributed by atoms with Gasteiger partial charge in [-0.05, 0) is 31.2 Å². The molecule has 0 aliphatic rings. The maximum Gasteiger partial charge on any atom is 0.251 e. The predicted octanol–water partition coefficient (Wildman–Crippen LogP) is 2.86. The van der Waals surface area contributed by atoms with Crippen LogP contribution in [-0.2, 0) is 11.3 Å². The largest absolute Gasteiger partial charge is 0.454 e.